The molecule has 1 heterocycles. The fraction of sp³-hybridized carbons (Fsp3) is 0.300. The molecular weight excluding hydrogens is 492 g/mol. The first-order valence-corrected chi connectivity index (χ1v) is 13.6. The van der Waals surface area contributed by atoms with Crippen LogP contribution in [-0.4, -0.2) is 52.5 Å². The van der Waals surface area contributed by atoms with E-state index >= 15 is 0 Å². The van der Waals surface area contributed by atoms with Gasteiger partial charge in [-0.2, -0.15) is 8.61 Å². The van der Waals surface area contributed by atoms with Gasteiger partial charge in [0.15, 0.2) is 0 Å². The van der Waals surface area contributed by atoms with Gasteiger partial charge in [-0.05, 0) is 61.4 Å². The molecule has 0 aromatic heterocycles. The number of imide groups is 1. The Kier molecular flexibility index (Phi) is 7.62. The molecule has 0 atom stereocenters. The average molecular weight is 515 g/mol. The number of nitrogens with one attached hydrogen (secondary N) is 2. The number of halogens is 1. The van der Waals surface area contributed by atoms with E-state index in [1.54, 1.807) is 0 Å². The summed E-state index contributed by atoms with van der Waals surface area (Å²) in [6, 6.07) is 8.75. The summed E-state index contributed by atoms with van der Waals surface area (Å²) in [7, 11) is -7.67. The van der Waals surface area contributed by atoms with Gasteiger partial charge in [0.2, 0.25) is 20.0 Å². The number of sulfonamides is 2. The Balaban J connectivity index is 1.68. The zero-order valence-corrected chi connectivity index (χ0v) is 20.1. The third-order valence-corrected chi connectivity index (χ3v) is 8.07. The number of amides is 4. The zero-order valence-electron chi connectivity index (χ0n) is 17.7. The monoisotopic (exact) mass is 514 g/mol. The van der Waals surface area contributed by atoms with Crippen LogP contribution in [-0.2, 0) is 20.0 Å². The normalized spacial score (nSPS) is 15.0. The summed E-state index contributed by atoms with van der Waals surface area (Å²) in [6.45, 7) is 0.939. The van der Waals surface area contributed by atoms with Crippen molar-refractivity contribution in [2.45, 2.75) is 24.2 Å². The lowest BCUT2D eigenvalue weighted by atomic mass is 10.2. The molecule has 0 saturated carbocycles. The van der Waals surface area contributed by atoms with Crippen molar-refractivity contribution in [2.75, 3.05) is 29.0 Å². The van der Waals surface area contributed by atoms with Crippen LogP contribution in [0.3, 0.4) is 0 Å². The van der Waals surface area contributed by atoms with Crippen LogP contribution in [0.5, 0.6) is 0 Å². The van der Waals surface area contributed by atoms with Crippen molar-refractivity contribution in [1.82, 2.24) is 9.62 Å². The number of hydrogen-bond donors (Lipinski definition) is 2. The fourth-order valence-corrected chi connectivity index (χ4v) is 5.81. The Bertz CT molecular complexity index is 1230. The summed E-state index contributed by atoms with van der Waals surface area (Å²) >= 11 is 5.80. The molecule has 33 heavy (non-hydrogen) atoms. The second kappa shape index (κ2) is 10.1. The van der Waals surface area contributed by atoms with Gasteiger partial charge in [0.05, 0.1) is 16.8 Å². The molecule has 2 N–H and O–H groups in total. The minimum absolute atomic E-state index is 0.000489. The maximum absolute atomic E-state index is 12.7. The van der Waals surface area contributed by atoms with Crippen molar-refractivity contribution >= 4 is 55.1 Å². The number of anilines is 2. The van der Waals surface area contributed by atoms with Gasteiger partial charge in [0, 0.05) is 23.8 Å². The highest BCUT2D eigenvalue weighted by molar-refractivity contribution is 7.92. The minimum atomic E-state index is -4.05. The lowest BCUT2D eigenvalue weighted by Crippen LogP contribution is -2.47. The van der Waals surface area contributed by atoms with Gasteiger partial charge < -0.3 is 5.32 Å². The van der Waals surface area contributed by atoms with E-state index in [0.717, 1.165) is 25.5 Å². The van der Waals surface area contributed by atoms with Crippen molar-refractivity contribution in [3.8, 4) is 0 Å². The van der Waals surface area contributed by atoms with Crippen LogP contribution >= 0.6 is 11.6 Å². The molecule has 1 saturated heterocycles. The Hall–Kier alpha value is -2.67. The van der Waals surface area contributed by atoms with Crippen LogP contribution in [0.2, 0.25) is 5.02 Å². The van der Waals surface area contributed by atoms with E-state index < -0.39 is 32.1 Å². The van der Waals surface area contributed by atoms with Gasteiger partial charge in [0.25, 0.3) is 0 Å². The maximum atomic E-state index is 12.7. The fourth-order valence-electron chi connectivity index (χ4n) is 3.31. The lowest BCUT2D eigenvalue weighted by Gasteiger charge is -2.25. The van der Waals surface area contributed by atoms with Gasteiger partial charge in [-0.1, -0.05) is 18.0 Å². The quantitative estimate of drug-likeness (QED) is 0.629. The molecule has 0 unspecified atom stereocenters. The first-order chi connectivity index (χ1) is 15.5. The molecule has 0 spiro atoms. The van der Waals surface area contributed by atoms with Gasteiger partial charge in [-0.3, -0.25) is 5.32 Å². The van der Waals surface area contributed by atoms with Crippen LogP contribution in [0.4, 0.5) is 21.0 Å². The number of carbonyl (C=O) groups is 2. The average Bonchev–Trinajstić information content (AvgIpc) is 2.75. The molecule has 2 aromatic rings. The van der Waals surface area contributed by atoms with Gasteiger partial charge in [-0.15, -0.1) is 0 Å². The molecule has 4 amide bonds. The van der Waals surface area contributed by atoms with E-state index in [9.17, 15) is 26.4 Å². The molecule has 1 aliphatic heterocycles. The first kappa shape index (κ1) is 25.0. The predicted molar refractivity (Wildman–Crippen MR) is 125 cm³/mol. The summed E-state index contributed by atoms with van der Waals surface area (Å²) in [5.41, 5.74) is 0.217. The second-order valence-corrected chi connectivity index (χ2v) is 11.6. The van der Waals surface area contributed by atoms with E-state index in [1.165, 1.54) is 52.8 Å². The lowest BCUT2D eigenvalue weighted by molar-refractivity contribution is 0.238. The maximum Gasteiger partial charge on any atom is 0.343 e. The summed E-state index contributed by atoms with van der Waals surface area (Å²) < 4.78 is 51.5. The smallest absolute Gasteiger partial charge is 0.308 e. The number of nitrogens with zero attached hydrogens (tertiary/aromatic N) is 2. The summed E-state index contributed by atoms with van der Waals surface area (Å²) in [5.74, 6) is 0. The molecule has 13 heteroatoms. The highest BCUT2D eigenvalue weighted by Crippen LogP contribution is 2.23. The molecule has 0 radical (unpaired) electrons. The van der Waals surface area contributed by atoms with Gasteiger partial charge in [0.1, 0.15) is 0 Å². The van der Waals surface area contributed by atoms with Gasteiger partial charge >= 0.3 is 12.1 Å². The highest BCUT2D eigenvalue weighted by Gasteiger charge is 2.28. The topological polar surface area (TPSA) is 133 Å². The molecule has 3 rings (SSSR count). The highest BCUT2D eigenvalue weighted by atomic mass is 35.5. The molecule has 10 nitrogen and oxygen atoms in total. The third-order valence-electron chi connectivity index (χ3n) is 4.86. The van der Waals surface area contributed by atoms with E-state index in [4.69, 9.17) is 11.6 Å². The molecule has 178 valence electrons. The largest absolute Gasteiger partial charge is 0.343 e. The molecule has 1 fully saturated rings. The van der Waals surface area contributed by atoms with Crippen LogP contribution in [0, 0.1) is 0 Å². The number of rotatable bonds is 5. The van der Waals surface area contributed by atoms with Crippen LogP contribution in [0.1, 0.15) is 19.3 Å². The van der Waals surface area contributed by atoms with Crippen molar-refractivity contribution < 1.29 is 26.4 Å². The summed E-state index contributed by atoms with van der Waals surface area (Å²) in [4.78, 5) is 24.8. The van der Waals surface area contributed by atoms with Crippen molar-refractivity contribution in [3.05, 3.63) is 53.6 Å². The third kappa shape index (κ3) is 6.22. The Morgan fingerprint density at radius 2 is 1.48 bits per heavy atom. The molecule has 2 aromatic carbocycles. The Morgan fingerprint density at radius 1 is 0.909 bits per heavy atom. The molecular formula is C20H23ClN4O6S2. The van der Waals surface area contributed by atoms with E-state index in [-0.39, 0.29) is 16.3 Å². The number of carbonyl (C=O) groups excluding carboxylic acids is 2. The number of benzene rings is 2. The molecule has 0 aliphatic carbocycles. The Morgan fingerprint density at radius 3 is 2.03 bits per heavy atom. The molecule has 0 bridgehead atoms. The van der Waals surface area contributed by atoms with E-state index in [1.807, 2.05) is 5.32 Å². The van der Waals surface area contributed by atoms with Crippen LogP contribution < -0.4 is 14.9 Å². The summed E-state index contributed by atoms with van der Waals surface area (Å²) in [5, 5.41) is 4.66. The minimum Gasteiger partial charge on any atom is -0.308 e. The number of urea groups is 2. The van der Waals surface area contributed by atoms with Crippen LogP contribution in [0.25, 0.3) is 0 Å². The van der Waals surface area contributed by atoms with Crippen molar-refractivity contribution in [1.29, 1.82) is 0 Å². The predicted octanol–water partition coefficient (Wildman–Crippen LogP) is 3.22. The zero-order chi connectivity index (χ0) is 24.2. The van der Waals surface area contributed by atoms with Gasteiger partial charge in [-0.25, -0.2) is 26.4 Å². The molecule has 1 aliphatic rings. The van der Waals surface area contributed by atoms with Crippen molar-refractivity contribution in [3.63, 3.8) is 0 Å². The Labute approximate surface area is 197 Å². The number of hydrogen-bond acceptors (Lipinski definition) is 6. The van der Waals surface area contributed by atoms with E-state index in [0.29, 0.717) is 22.4 Å². The van der Waals surface area contributed by atoms with Crippen molar-refractivity contribution in [2.24, 2.45) is 0 Å². The SMILES string of the molecule is CS(=O)(=O)N(C(=O)NC(=O)Nc1ccc(S(=O)(=O)N2CCCCC2)cc1)c1ccc(Cl)cc1. The number of piperidine rings is 1. The van der Waals surface area contributed by atoms with Crippen LogP contribution in [0.15, 0.2) is 53.4 Å². The standard InChI is InChI=1S/C20H23ClN4O6S2/c1-32(28,29)25(17-9-5-15(21)6-10-17)20(27)23-19(26)22-16-7-11-18(12-8-16)33(30,31)24-13-3-2-4-14-24/h5-12H,2-4,13-14H2,1H3,(H2,22,23,26,27). The van der Waals surface area contributed by atoms with E-state index in [2.05, 4.69) is 5.32 Å². The summed E-state index contributed by atoms with van der Waals surface area (Å²) in [6.07, 6.45) is 3.44. The second-order valence-electron chi connectivity index (χ2n) is 7.38. The first-order valence-electron chi connectivity index (χ1n) is 9.96.